The molecule has 3 aromatic carbocycles. The predicted octanol–water partition coefficient (Wildman–Crippen LogP) is 3.60. The van der Waals surface area contributed by atoms with Gasteiger partial charge in [-0.3, -0.25) is 9.10 Å². The zero-order valence-electron chi connectivity index (χ0n) is 17.0. The minimum Gasteiger partial charge on any atom is -0.465 e. The van der Waals surface area contributed by atoms with Crippen LogP contribution in [0.4, 0.5) is 11.4 Å². The Balaban J connectivity index is 1.71. The third-order valence-corrected chi connectivity index (χ3v) is 6.88. The van der Waals surface area contributed by atoms with Crippen molar-refractivity contribution in [3.63, 3.8) is 0 Å². The zero-order valence-corrected chi connectivity index (χ0v) is 17.8. The zero-order chi connectivity index (χ0) is 22.2. The van der Waals surface area contributed by atoms with Crippen LogP contribution in [0.5, 0.6) is 0 Å². The average molecular weight is 436 g/mol. The minimum absolute atomic E-state index is 0.149. The number of nitrogens with zero attached hydrogens (tertiary/aromatic N) is 1. The topological polar surface area (TPSA) is 92.8 Å². The standard InChI is InChI=1S/C23H20N2O5S/c1-15-11-12-20-18(13-15)16-7-4-6-10-21(16)31(28,29)25(20)14-22(26)24-19-9-5-3-8-17(19)23(27)30-2/h3-13H,14H2,1-2H3,(H,24,26). The Morgan fingerprint density at radius 2 is 1.68 bits per heavy atom. The number of para-hydroxylation sites is 1. The Hall–Kier alpha value is -3.65. The summed E-state index contributed by atoms with van der Waals surface area (Å²) in [5, 5.41) is 2.63. The van der Waals surface area contributed by atoms with Crippen molar-refractivity contribution in [2.24, 2.45) is 0 Å². The molecule has 3 aromatic rings. The minimum atomic E-state index is -3.95. The second-order valence-corrected chi connectivity index (χ2v) is 8.94. The van der Waals surface area contributed by atoms with Gasteiger partial charge in [0.15, 0.2) is 0 Å². The molecule has 1 aliphatic heterocycles. The Labute approximate surface area is 180 Å². The maximum Gasteiger partial charge on any atom is 0.339 e. The number of nitrogens with one attached hydrogen (secondary N) is 1. The SMILES string of the molecule is COC(=O)c1ccccc1NC(=O)CN1c2ccc(C)cc2-c2ccccc2S1(=O)=O. The lowest BCUT2D eigenvalue weighted by molar-refractivity contribution is -0.114. The molecule has 0 bridgehead atoms. The van der Waals surface area contributed by atoms with Gasteiger partial charge < -0.3 is 10.1 Å². The molecule has 0 spiro atoms. The van der Waals surface area contributed by atoms with Gasteiger partial charge in [-0.15, -0.1) is 0 Å². The molecule has 1 N–H and O–H groups in total. The molecule has 0 fully saturated rings. The van der Waals surface area contributed by atoms with Crippen molar-refractivity contribution in [1.82, 2.24) is 0 Å². The van der Waals surface area contributed by atoms with E-state index < -0.39 is 28.4 Å². The lowest BCUT2D eigenvalue weighted by Gasteiger charge is -2.32. The molecule has 0 atom stereocenters. The van der Waals surface area contributed by atoms with Crippen molar-refractivity contribution in [2.75, 3.05) is 23.3 Å². The van der Waals surface area contributed by atoms with Crippen molar-refractivity contribution in [3.05, 3.63) is 77.9 Å². The summed E-state index contributed by atoms with van der Waals surface area (Å²) in [7, 11) is -2.70. The number of methoxy groups -OCH3 is 1. The molecule has 0 radical (unpaired) electrons. The van der Waals surface area contributed by atoms with Crippen LogP contribution in [0, 0.1) is 6.92 Å². The summed E-state index contributed by atoms with van der Waals surface area (Å²) in [6, 6.07) is 18.5. The van der Waals surface area contributed by atoms with Crippen LogP contribution in [-0.4, -0.2) is 33.9 Å². The van der Waals surface area contributed by atoms with E-state index >= 15 is 0 Å². The van der Waals surface area contributed by atoms with E-state index in [0.717, 1.165) is 15.4 Å². The summed E-state index contributed by atoms with van der Waals surface area (Å²) >= 11 is 0. The molecule has 7 nitrogen and oxygen atoms in total. The van der Waals surface area contributed by atoms with Crippen LogP contribution in [0.1, 0.15) is 15.9 Å². The molecule has 31 heavy (non-hydrogen) atoms. The number of ether oxygens (including phenoxy) is 1. The Bertz CT molecular complexity index is 1300. The Morgan fingerprint density at radius 1 is 0.968 bits per heavy atom. The van der Waals surface area contributed by atoms with Gasteiger partial charge in [0, 0.05) is 11.1 Å². The third kappa shape index (κ3) is 3.66. The summed E-state index contributed by atoms with van der Waals surface area (Å²) in [4.78, 5) is 25.0. The highest BCUT2D eigenvalue weighted by molar-refractivity contribution is 7.93. The molecule has 0 saturated heterocycles. The van der Waals surface area contributed by atoms with Crippen LogP contribution < -0.4 is 9.62 Å². The van der Waals surface area contributed by atoms with Crippen molar-refractivity contribution in [3.8, 4) is 11.1 Å². The van der Waals surface area contributed by atoms with Gasteiger partial charge in [0.25, 0.3) is 10.0 Å². The average Bonchev–Trinajstić information content (AvgIpc) is 2.77. The van der Waals surface area contributed by atoms with Gasteiger partial charge in [-0.05, 0) is 37.3 Å². The van der Waals surface area contributed by atoms with E-state index in [4.69, 9.17) is 4.74 Å². The number of anilines is 2. The molecule has 0 saturated carbocycles. The highest BCUT2D eigenvalue weighted by Gasteiger charge is 2.36. The maximum absolute atomic E-state index is 13.3. The van der Waals surface area contributed by atoms with Crippen LogP contribution in [0.15, 0.2) is 71.6 Å². The lowest BCUT2D eigenvalue weighted by Crippen LogP contribution is -2.40. The first-order valence-electron chi connectivity index (χ1n) is 9.53. The summed E-state index contributed by atoms with van der Waals surface area (Å²) in [5.74, 6) is -1.18. The smallest absolute Gasteiger partial charge is 0.339 e. The van der Waals surface area contributed by atoms with Crippen LogP contribution in [0.3, 0.4) is 0 Å². The van der Waals surface area contributed by atoms with Gasteiger partial charge in [-0.2, -0.15) is 0 Å². The number of fused-ring (bicyclic) bond motifs is 3. The molecule has 4 rings (SSSR count). The van der Waals surface area contributed by atoms with Crippen LogP contribution >= 0.6 is 0 Å². The van der Waals surface area contributed by atoms with Crippen molar-refractivity contribution >= 4 is 33.3 Å². The van der Waals surface area contributed by atoms with Gasteiger partial charge in [-0.1, -0.05) is 42.0 Å². The predicted molar refractivity (Wildman–Crippen MR) is 118 cm³/mol. The third-order valence-electron chi connectivity index (χ3n) is 5.06. The molecular weight excluding hydrogens is 416 g/mol. The number of aryl methyl sites for hydroxylation is 1. The number of benzene rings is 3. The quantitative estimate of drug-likeness (QED) is 0.631. The van der Waals surface area contributed by atoms with Gasteiger partial charge in [-0.25, -0.2) is 13.2 Å². The first kappa shape index (κ1) is 20.6. The van der Waals surface area contributed by atoms with E-state index in [2.05, 4.69) is 5.32 Å². The van der Waals surface area contributed by atoms with Gasteiger partial charge in [0.05, 0.1) is 28.9 Å². The van der Waals surface area contributed by atoms with Crippen LogP contribution in [0.2, 0.25) is 0 Å². The van der Waals surface area contributed by atoms with E-state index in [0.29, 0.717) is 11.3 Å². The number of esters is 1. The largest absolute Gasteiger partial charge is 0.465 e. The summed E-state index contributed by atoms with van der Waals surface area (Å²) in [6.45, 7) is 1.48. The lowest BCUT2D eigenvalue weighted by atomic mass is 10.0. The van der Waals surface area contributed by atoms with Gasteiger partial charge in [0.1, 0.15) is 6.54 Å². The van der Waals surface area contributed by atoms with E-state index in [1.165, 1.54) is 19.2 Å². The van der Waals surface area contributed by atoms with E-state index in [1.54, 1.807) is 48.5 Å². The van der Waals surface area contributed by atoms with E-state index in [9.17, 15) is 18.0 Å². The molecule has 1 aliphatic rings. The van der Waals surface area contributed by atoms with Crippen LogP contribution in [-0.2, 0) is 19.6 Å². The number of amides is 1. The number of carbonyl (C=O) groups is 2. The number of carbonyl (C=O) groups excluding carboxylic acids is 2. The molecule has 8 heteroatoms. The van der Waals surface area contributed by atoms with Gasteiger partial charge in [0.2, 0.25) is 5.91 Å². The molecule has 1 heterocycles. The second-order valence-electron chi connectivity index (χ2n) is 7.11. The molecular formula is C23H20N2O5S. The van der Waals surface area contributed by atoms with E-state index in [1.807, 2.05) is 13.0 Å². The molecule has 1 amide bonds. The highest BCUT2D eigenvalue weighted by atomic mass is 32.2. The monoisotopic (exact) mass is 436 g/mol. The number of hydrogen-bond acceptors (Lipinski definition) is 5. The summed E-state index contributed by atoms with van der Waals surface area (Å²) in [6.07, 6.45) is 0. The van der Waals surface area contributed by atoms with Crippen molar-refractivity contribution < 1.29 is 22.7 Å². The Morgan fingerprint density at radius 3 is 2.45 bits per heavy atom. The molecule has 0 aromatic heterocycles. The number of sulfonamides is 1. The van der Waals surface area contributed by atoms with Crippen LogP contribution in [0.25, 0.3) is 11.1 Å². The fourth-order valence-corrected chi connectivity index (χ4v) is 5.27. The summed E-state index contributed by atoms with van der Waals surface area (Å²) in [5.41, 5.74) is 3.19. The normalized spacial score (nSPS) is 13.7. The van der Waals surface area contributed by atoms with Gasteiger partial charge >= 0.3 is 5.97 Å². The van der Waals surface area contributed by atoms with Crippen molar-refractivity contribution in [2.45, 2.75) is 11.8 Å². The van der Waals surface area contributed by atoms with E-state index in [-0.39, 0.29) is 16.1 Å². The maximum atomic E-state index is 13.3. The first-order valence-corrected chi connectivity index (χ1v) is 11.0. The fraction of sp³-hybridized carbons (Fsp3) is 0.130. The molecule has 158 valence electrons. The number of hydrogen-bond donors (Lipinski definition) is 1. The first-order chi connectivity index (χ1) is 14.8. The number of rotatable bonds is 4. The highest BCUT2D eigenvalue weighted by Crippen LogP contribution is 2.43. The molecule has 0 aliphatic carbocycles. The van der Waals surface area contributed by atoms with Crippen molar-refractivity contribution in [1.29, 1.82) is 0 Å². The fourth-order valence-electron chi connectivity index (χ4n) is 3.62. The summed E-state index contributed by atoms with van der Waals surface area (Å²) < 4.78 is 32.5. The Kier molecular flexibility index (Phi) is 5.24. The second kappa shape index (κ2) is 7.88. The molecule has 0 unspecified atom stereocenters.